The molecule has 1 aromatic heterocycles. The van der Waals surface area contributed by atoms with Gasteiger partial charge in [0.1, 0.15) is 6.61 Å². The Morgan fingerprint density at radius 2 is 2.00 bits per heavy atom. The van der Waals surface area contributed by atoms with Gasteiger partial charge in [0.25, 0.3) is 0 Å². The predicted molar refractivity (Wildman–Crippen MR) is 81.1 cm³/mol. The van der Waals surface area contributed by atoms with Crippen molar-refractivity contribution in [2.45, 2.75) is 13.0 Å². The largest absolute Gasteiger partial charge is 0.444 e. The van der Waals surface area contributed by atoms with Gasteiger partial charge < -0.3 is 4.74 Å². The predicted octanol–water partition coefficient (Wildman–Crippen LogP) is 3.32. The van der Waals surface area contributed by atoms with E-state index >= 15 is 0 Å². The zero-order valence-electron chi connectivity index (χ0n) is 11.2. The maximum Gasteiger partial charge on any atom is 0.411 e. The molecule has 0 unspecified atom stereocenters. The van der Waals surface area contributed by atoms with Crippen LogP contribution < -0.4 is 5.32 Å². The van der Waals surface area contributed by atoms with Crippen molar-refractivity contribution >= 4 is 24.2 Å². The van der Waals surface area contributed by atoms with Crippen LogP contribution in [0.1, 0.15) is 11.1 Å². The highest BCUT2D eigenvalue weighted by molar-refractivity contribution is 5.85. The second kappa shape index (κ2) is 8.56. The summed E-state index contributed by atoms with van der Waals surface area (Å²) in [5.41, 5.74) is 2.36. The van der Waals surface area contributed by atoms with E-state index in [9.17, 15) is 4.79 Å². The third kappa shape index (κ3) is 5.51. The Morgan fingerprint density at radius 1 is 1.24 bits per heavy atom. The van der Waals surface area contributed by atoms with Crippen LogP contribution in [-0.4, -0.2) is 11.1 Å². The van der Waals surface area contributed by atoms with Gasteiger partial charge in [0.2, 0.25) is 0 Å². The summed E-state index contributed by atoms with van der Waals surface area (Å²) >= 11 is 0. The fourth-order valence-electron chi connectivity index (χ4n) is 1.58. The lowest BCUT2D eigenvalue weighted by molar-refractivity contribution is 0.155. The number of rotatable bonds is 4. The Hall–Kier alpha value is -2.58. The number of nitrogens with zero attached hydrogens (tertiary/aromatic N) is 2. The summed E-state index contributed by atoms with van der Waals surface area (Å²) in [4.78, 5) is 15.5. The van der Waals surface area contributed by atoms with E-state index in [0.717, 1.165) is 11.1 Å². The van der Waals surface area contributed by atoms with Gasteiger partial charge >= 0.3 is 6.09 Å². The van der Waals surface area contributed by atoms with Crippen molar-refractivity contribution in [2.24, 2.45) is 0 Å². The smallest absolute Gasteiger partial charge is 0.411 e. The Morgan fingerprint density at radius 3 is 2.62 bits per heavy atom. The van der Waals surface area contributed by atoms with Gasteiger partial charge in [-0.05, 0) is 23.8 Å². The number of amides is 1. The maximum absolute atomic E-state index is 11.6. The molecule has 0 atom stereocenters. The molecule has 2 rings (SSSR count). The summed E-state index contributed by atoms with van der Waals surface area (Å²) in [6.45, 7) is 0.173. The summed E-state index contributed by atoms with van der Waals surface area (Å²) in [7, 11) is 0. The highest BCUT2D eigenvalue weighted by atomic mass is 35.5. The van der Waals surface area contributed by atoms with E-state index in [-0.39, 0.29) is 19.0 Å². The van der Waals surface area contributed by atoms with Gasteiger partial charge in [0, 0.05) is 23.6 Å². The van der Waals surface area contributed by atoms with Crippen LogP contribution in [-0.2, 0) is 17.8 Å². The van der Waals surface area contributed by atoms with Crippen LogP contribution in [0.25, 0.3) is 0 Å². The molecule has 6 heteroatoms. The third-order valence-corrected chi connectivity index (χ3v) is 2.58. The molecule has 0 aliphatic carbocycles. The molecular weight excluding hydrogens is 290 g/mol. The average Bonchev–Trinajstić information content (AvgIpc) is 2.49. The number of aromatic nitrogens is 1. The minimum Gasteiger partial charge on any atom is -0.444 e. The molecule has 1 aromatic carbocycles. The number of hydrogen-bond donors (Lipinski definition) is 1. The molecule has 0 bridgehead atoms. The molecule has 1 amide bonds. The number of anilines is 1. The number of benzene rings is 1. The first-order chi connectivity index (χ1) is 9.78. The fourth-order valence-corrected chi connectivity index (χ4v) is 1.58. The van der Waals surface area contributed by atoms with Gasteiger partial charge in [-0.3, -0.25) is 10.3 Å². The Bertz CT molecular complexity index is 609. The number of hydrogen-bond acceptors (Lipinski definition) is 4. The lowest BCUT2D eigenvalue weighted by Gasteiger charge is -2.07. The topological polar surface area (TPSA) is 75.0 Å². The standard InChI is InChI=1S/C15H13N3O2.ClH/c16-8-7-12-3-5-14(6-4-12)18-15(19)20-11-13-2-1-9-17-10-13;/h1-6,9-10H,7,11H2,(H,18,19);1H. The van der Waals surface area contributed by atoms with Crippen molar-refractivity contribution in [1.82, 2.24) is 4.98 Å². The van der Waals surface area contributed by atoms with Crippen molar-refractivity contribution < 1.29 is 9.53 Å². The third-order valence-electron chi connectivity index (χ3n) is 2.58. The fraction of sp³-hybridized carbons (Fsp3) is 0.133. The molecule has 0 saturated heterocycles. The van der Waals surface area contributed by atoms with Crippen molar-refractivity contribution in [3.05, 3.63) is 59.9 Å². The van der Waals surface area contributed by atoms with Gasteiger partial charge in [-0.25, -0.2) is 4.79 Å². The van der Waals surface area contributed by atoms with Gasteiger partial charge in [-0.2, -0.15) is 5.26 Å². The summed E-state index contributed by atoms with van der Waals surface area (Å²) in [6, 6.07) is 12.7. The summed E-state index contributed by atoms with van der Waals surface area (Å²) in [5, 5.41) is 11.2. The number of ether oxygens (including phenoxy) is 1. The number of halogens is 1. The minimum absolute atomic E-state index is 0. The zero-order chi connectivity index (χ0) is 14.2. The molecule has 0 radical (unpaired) electrons. The number of carbonyl (C=O) groups is 1. The normalized spacial score (nSPS) is 9.10. The van der Waals surface area contributed by atoms with E-state index in [1.54, 1.807) is 42.7 Å². The minimum atomic E-state index is -0.526. The number of pyridine rings is 1. The number of carbonyl (C=O) groups excluding carboxylic acids is 1. The van der Waals surface area contributed by atoms with Crippen molar-refractivity contribution in [3.63, 3.8) is 0 Å². The molecule has 0 saturated carbocycles. The van der Waals surface area contributed by atoms with Gasteiger partial charge in [0.05, 0.1) is 12.5 Å². The lowest BCUT2D eigenvalue weighted by atomic mass is 10.1. The van der Waals surface area contributed by atoms with Crippen molar-refractivity contribution in [3.8, 4) is 6.07 Å². The average molecular weight is 304 g/mol. The zero-order valence-corrected chi connectivity index (χ0v) is 12.0. The molecular formula is C15H14ClN3O2. The van der Waals surface area contributed by atoms with E-state index < -0.39 is 6.09 Å². The Balaban J connectivity index is 0.00000220. The van der Waals surface area contributed by atoms with E-state index in [4.69, 9.17) is 10.00 Å². The van der Waals surface area contributed by atoms with Gasteiger partial charge in [-0.1, -0.05) is 18.2 Å². The molecule has 21 heavy (non-hydrogen) atoms. The molecule has 0 aliphatic rings. The molecule has 1 heterocycles. The first kappa shape index (κ1) is 16.5. The summed E-state index contributed by atoms with van der Waals surface area (Å²) in [6.07, 6.45) is 3.13. The van der Waals surface area contributed by atoms with Crippen LogP contribution in [0.15, 0.2) is 48.8 Å². The number of nitrogens with one attached hydrogen (secondary N) is 1. The van der Waals surface area contributed by atoms with E-state index in [0.29, 0.717) is 12.1 Å². The second-order valence-corrected chi connectivity index (χ2v) is 4.09. The maximum atomic E-state index is 11.6. The van der Waals surface area contributed by atoms with Crippen molar-refractivity contribution in [1.29, 1.82) is 5.26 Å². The Kier molecular flexibility index (Phi) is 6.72. The van der Waals surface area contributed by atoms with Crippen LogP contribution in [0.4, 0.5) is 10.5 Å². The molecule has 1 N–H and O–H groups in total. The van der Waals surface area contributed by atoms with Crippen LogP contribution in [0.2, 0.25) is 0 Å². The first-order valence-corrected chi connectivity index (χ1v) is 6.06. The highest BCUT2D eigenvalue weighted by Crippen LogP contribution is 2.10. The van der Waals surface area contributed by atoms with E-state index in [1.807, 2.05) is 6.07 Å². The second-order valence-electron chi connectivity index (χ2n) is 4.09. The van der Waals surface area contributed by atoms with Gasteiger partial charge in [0.15, 0.2) is 0 Å². The van der Waals surface area contributed by atoms with Crippen LogP contribution in [0.3, 0.4) is 0 Å². The SMILES string of the molecule is Cl.N#CCc1ccc(NC(=O)OCc2cccnc2)cc1. The van der Waals surface area contributed by atoms with Gasteiger partial charge in [-0.15, -0.1) is 12.4 Å². The summed E-state index contributed by atoms with van der Waals surface area (Å²) in [5.74, 6) is 0. The highest BCUT2D eigenvalue weighted by Gasteiger charge is 2.03. The molecule has 5 nitrogen and oxygen atoms in total. The van der Waals surface area contributed by atoms with Crippen LogP contribution in [0, 0.1) is 11.3 Å². The Labute approximate surface area is 129 Å². The molecule has 0 aliphatic heterocycles. The van der Waals surface area contributed by atoms with E-state index in [2.05, 4.69) is 16.4 Å². The monoisotopic (exact) mass is 303 g/mol. The molecule has 0 spiro atoms. The summed E-state index contributed by atoms with van der Waals surface area (Å²) < 4.78 is 5.07. The number of nitriles is 1. The first-order valence-electron chi connectivity index (χ1n) is 6.06. The quantitative estimate of drug-likeness (QED) is 0.940. The lowest BCUT2D eigenvalue weighted by Crippen LogP contribution is -2.13. The molecule has 108 valence electrons. The van der Waals surface area contributed by atoms with E-state index in [1.165, 1.54) is 0 Å². The van der Waals surface area contributed by atoms with Crippen molar-refractivity contribution in [2.75, 3.05) is 5.32 Å². The molecule has 0 fully saturated rings. The van der Waals surface area contributed by atoms with Crippen LogP contribution in [0.5, 0.6) is 0 Å². The molecule has 2 aromatic rings. The van der Waals surface area contributed by atoms with Crippen LogP contribution >= 0.6 is 12.4 Å².